The summed E-state index contributed by atoms with van der Waals surface area (Å²) in [4.78, 5) is 14.9. The van der Waals surface area contributed by atoms with Gasteiger partial charge in [0, 0.05) is 17.5 Å². The molecule has 0 saturated heterocycles. The average Bonchev–Trinajstić information content (AvgIpc) is 2.47. The van der Waals surface area contributed by atoms with E-state index in [9.17, 15) is 9.90 Å². The van der Waals surface area contributed by atoms with Crippen LogP contribution in [0.1, 0.15) is 57.3 Å². The van der Waals surface area contributed by atoms with Gasteiger partial charge in [-0.05, 0) is 37.7 Å². The summed E-state index contributed by atoms with van der Waals surface area (Å²) >= 11 is 1.60. The molecule has 0 radical (unpaired) electrons. The molecule has 0 fully saturated rings. The number of nitrogens with zero attached hydrogens (tertiary/aromatic N) is 1. The van der Waals surface area contributed by atoms with Gasteiger partial charge in [-0.1, -0.05) is 33.3 Å². The lowest BCUT2D eigenvalue weighted by molar-refractivity contribution is 0.0693. The molecule has 1 aromatic carbocycles. The first-order valence-corrected chi connectivity index (χ1v) is 8.81. The largest absolute Gasteiger partial charge is 0.478 e. The number of aromatic carboxylic acids is 1. The number of carboxylic acid groups (broad SMARTS) is 1. The zero-order valence-electron chi connectivity index (χ0n) is 13.6. The third-order valence-corrected chi connectivity index (χ3v) is 4.64. The molecule has 21 heavy (non-hydrogen) atoms. The van der Waals surface area contributed by atoms with Crippen molar-refractivity contribution in [1.82, 2.24) is 0 Å². The summed E-state index contributed by atoms with van der Waals surface area (Å²) in [5, 5.41) is 9.66. The van der Waals surface area contributed by atoms with Gasteiger partial charge in [0.15, 0.2) is 0 Å². The Hall–Kier alpha value is -1.16. The fourth-order valence-corrected chi connectivity index (χ4v) is 3.20. The van der Waals surface area contributed by atoms with E-state index in [2.05, 4.69) is 25.7 Å². The monoisotopic (exact) mass is 309 g/mol. The van der Waals surface area contributed by atoms with E-state index in [1.807, 2.05) is 25.1 Å². The number of carbonyl (C=O) groups is 1. The summed E-state index contributed by atoms with van der Waals surface area (Å²) in [6, 6.07) is 6.18. The smallest absolute Gasteiger partial charge is 0.338 e. The lowest BCUT2D eigenvalue weighted by atomic mass is 10.1. The number of thioether (sulfide) groups is 1. The number of unbranched alkanes of at least 4 members (excludes halogenated alkanes) is 1. The molecule has 1 atom stereocenters. The average molecular weight is 309 g/mol. The van der Waals surface area contributed by atoms with Gasteiger partial charge < -0.3 is 10.0 Å². The lowest BCUT2D eigenvalue weighted by Gasteiger charge is -2.32. The summed E-state index contributed by atoms with van der Waals surface area (Å²) in [7, 11) is 0. The molecule has 118 valence electrons. The van der Waals surface area contributed by atoms with Crippen molar-refractivity contribution in [2.45, 2.75) is 57.9 Å². The van der Waals surface area contributed by atoms with Crippen LogP contribution >= 0.6 is 11.8 Å². The van der Waals surface area contributed by atoms with Crippen molar-refractivity contribution in [2.75, 3.05) is 17.2 Å². The zero-order valence-corrected chi connectivity index (χ0v) is 14.4. The molecule has 0 aliphatic rings. The Balaban J connectivity index is 3.28. The zero-order chi connectivity index (χ0) is 15.8. The predicted octanol–water partition coefficient (Wildman–Crippen LogP) is 4.90. The van der Waals surface area contributed by atoms with E-state index in [1.54, 1.807) is 11.8 Å². The van der Waals surface area contributed by atoms with Crippen molar-refractivity contribution in [3.63, 3.8) is 0 Å². The Morgan fingerprint density at radius 1 is 1.33 bits per heavy atom. The van der Waals surface area contributed by atoms with Gasteiger partial charge in [0.25, 0.3) is 0 Å². The Morgan fingerprint density at radius 3 is 2.57 bits per heavy atom. The molecular weight excluding hydrogens is 282 g/mol. The van der Waals surface area contributed by atoms with Crippen LogP contribution in [0.25, 0.3) is 0 Å². The molecule has 0 saturated carbocycles. The third kappa shape index (κ3) is 4.67. The number of carboxylic acids is 1. The maximum atomic E-state index is 11.8. The second-order valence-corrected chi connectivity index (χ2v) is 6.50. The second-order valence-electron chi connectivity index (χ2n) is 5.19. The first-order valence-electron chi connectivity index (χ1n) is 7.82. The van der Waals surface area contributed by atoms with Gasteiger partial charge in [0.2, 0.25) is 0 Å². The molecule has 0 aliphatic heterocycles. The predicted molar refractivity (Wildman–Crippen MR) is 91.8 cm³/mol. The molecule has 1 rings (SSSR count). The fourth-order valence-electron chi connectivity index (χ4n) is 2.38. The third-order valence-electron chi connectivity index (χ3n) is 3.70. The van der Waals surface area contributed by atoms with Crippen LogP contribution in [0, 0.1) is 0 Å². The maximum absolute atomic E-state index is 11.8. The van der Waals surface area contributed by atoms with Crippen molar-refractivity contribution in [2.24, 2.45) is 0 Å². The Labute approximate surface area is 132 Å². The normalized spacial score (nSPS) is 12.2. The van der Waals surface area contributed by atoms with Gasteiger partial charge in [0.1, 0.15) is 0 Å². The minimum absolute atomic E-state index is 0.344. The van der Waals surface area contributed by atoms with Crippen LogP contribution in [0.3, 0.4) is 0 Å². The number of benzene rings is 1. The standard InChI is InChI=1S/C17H27NO2S/c1-5-8-12-18(13(4)6-2)14-10-9-11-15(21-7-3)16(14)17(19)20/h9-11,13H,5-8,12H2,1-4H3,(H,19,20). The van der Waals surface area contributed by atoms with E-state index in [-0.39, 0.29) is 0 Å². The molecular formula is C17H27NO2S. The van der Waals surface area contributed by atoms with Crippen LogP contribution in [-0.4, -0.2) is 29.4 Å². The SMILES string of the molecule is CCCCN(c1cccc(SCC)c1C(=O)O)C(C)CC. The maximum Gasteiger partial charge on any atom is 0.338 e. The Bertz CT molecular complexity index is 462. The lowest BCUT2D eigenvalue weighted by Crippen LogP contribution is -2.34. The summed E-state index contributed by atoms with van der Waals surface area (Å²) in [6.07, 6.45) is 3.20. The van der Waals surface area contributed by atoms with Gasteiger partial charge in [-0.25, -0.2) is 4.79 Å². The molecule has 1 aromatic rings. The van der Waals surface area contributed by atoms with Crippen LogP contribution in [0.15, 0.2) is 23.1 Å². The van der Waals surface area contributed by atoms with Crippen LogP contribution in [0.2, 0.25) is 0 Å². The van der Waals surface area contributed by atoms with Crippen LogP contribution < -0.4 is 4.90 Å². The Kier molecular flexibility index (Phi) is 7.65. The molecule has 0 amide bonds. The van der Waals surface area contributed by atoms with Crippen molar-refractivity contribution in [1.29, 1.82) is 0 Å². The quantitative estimate of drug-likeness (QED) is 0.659. The summed E-state index contributed by atoms with van der Waals surface area (Å²) in [5.41, 5.74) is 1.32. The molecule has 4 heteroatoms. The molecule has 1 N–H and O–H groups in total. The van der Waals surface area contributed by atoms with Crippen molar-refractivity contribution in [3.8, 4) is 0 Å². The van der Waals surface area contributed by atoms with E-state index >= 15 is 0 Å². The topological polar surface area (TPSA) is 40.5 Å². The highest BCUT2D eigenvalue weighted by Crippen LogP contribution is 2.32. The first kappa shape index (κ1) is 17.9. The number of hydrogen-bond donors (Lipinski definition) is 1. The Morgan fingerprint density at radius 2 is 2.05 bits per heavy atom. The fraction of sp³-hybridized carbons (Fsp3) is 0.588. The molecule has 0 bridgehead atoms. The molecule has 0 aromatic heterocycles. The van der Waals surface area contributed by atoms with Crippen molar-refractivity contribution < 1.29 is 9.90 Å². The van der Waals surface area contributed by atoms with Gasteiger partial charge in [-0.2, -0.15) is 0 Å². The van der Waals surface area contributed by atoms with Crippen LogP contribution in [0.5, 0.6) is 0 Å². The van der Waals surface area contributed by atoms with E-state index < -0.39 is 5.97 Å². The van der Waals surface area contributed by atoms with Gasteiger partial charge in [0.05, 0.1) is 11.3 Å². The molecule has 3 nitrogen and oxygen atoms in total. The first-order chi connectivity index (χ1) is 10.1. The molecule has 0 heterocycles. The van der Waals surface area contributed by atoms with E-state index in [1.165, 1.54) is 0 Å². The van der Waals surface area contributed by atoms with E-state index in [0.717, 1.165) is 42.1 Å². The molecule has 1 unspecified atom stereocenters. The highest BCUT2D eigenvalue weighted by molar-refractivity contribution is 7.99. The highest BCUT2D eigenvalue weighted by Gasteiger charge is 2.22. The van der Waals surface area contributed by atoms with Crippen molar-refractivity contribution in [3.05, 3.63) is 23.8 Å². The second kappa shape index (κ2) is 8.98. The van der Waals surface area contributed by atoms with Gasteiger partial charge >= 0.3 is 5.97 Å². The highest BCUT2D eigenvalue weighted by atomic mass is 32.2. The van der Waals surface area contributed by atoms with Gasteiger partial charge in [-0.3, -0.25) is 0 Å². The molecule has 0 aliphatic carbocycles. The minimum Gasteiger partial charge on any atom is -0.478 e. The van der Waals surface area contributed by atoms with E-state index in [4.69, 9.17) is 0 Å². The minimum atomic E-state index is -0.827. The summed E-state index contributed by atoms with van der Waals surface area (Å²) in [5.74, 6) is 0.0496. The van der Waals surface area contributed by atoms with Crippen LogP contribution in [-0.2, 0) is 0 Å². The summed E-state index contributed by atoms with van der Waals surface area (Å²) < 4.78 is 0. The van der Waals surface area contributed by atoms with E-state index in [0.29, 0.717) is 11.6 Å². The number of anilines is 1. The molecule has 0 spiro atoms. The van der Waals surface area contributed by atoms with Crippen molar-refractivity contribution >= 4 is 23.4 Å². The summed E-state index contributed by atoms with van der Waals surface area (Å²) in [6.45, 7) is 9.43. The van der Waals surface area contributed by atoms with Crippen LogP contribution in [0.4, 0.5) is 5.69 Å². The van der Waals surface area contributed by atoms with Gasteiger partial charge in [-0.15, -0.1) is 11.8 Å². The number of hydrogen-bond acceptors (Lipinski definition) is 3. The number of rotatable bonds is 9.